The molecule has 2 aromatic carbocycles. The average Bonchev–Trinajstić information content (AvgIpc) is 3.43. The van der Waals surface area contributed by atoms with Gasteiger partial charge in [0.1, 0.15) is 36.1 Å². The monoisotopic (exact) mass is 682 g/mol. The van der Waals surface area contributed by atoms with E-state index in [-0.39, 0.29) is 18.5 Å². The second-order valence-corrected chi connectivity index (χ2v) is 13.3. The van der Waals surface area contributed by atoms with Gasteiger partial charge in [-0.1, -0.05) is 6.58 Å². The minimum Gasteiger partial charge on any atom is -0.493 e. The third kappa shape index (κ3) is 5.54. The molecule has 222 valence electrons. The summed E-state index contributed by atoms with van der Waals surface area (Å²) in [6.07, 6.45) is 0.157. The average molecular weight is 685 g/mol. The molecule has 3 heterocycles. The van der Waals surface area contributed by atoms with Crippen LogP contribution in [0.5, 0.6) is 28.7 Å². The zero-order chi connectivity index (χ0) is 29.7. The molecule has 0 aromatic heterocycles. The first-order valence-corrected chi connectivity index (χ1v) is 15.5. The van der Waals surface area contributed by atoms with Gasteiger partial charge in [0.2, 0.25) is 0 Å². The van der Waals surface area contributed by atoms with Crippen LogP contribution in [0.4, 0.5) is 0 Å². The van der Waals surface area contributed by atoms with E-state index in [1.807, 2.05) is 19.1 Å². The zero-order valence-corrected chi connectivity index (χ0v) is 26.9. The van der Waals surface area contributed by atoms with Crippen LogP contribution in [0.3, 0.4) is 0 Å². The van der Waals surface area contributed by atoms with E-state index in [9.17, 15) is 4.79 Å². The van der Waals surface area contributed by atoms with Gasteiger partial charge in [0.05, 0.1) is 58.0 Å². The Hall–Kier alpha value is -1.41. The van der Waals surface area contributed by atoms with Crippen molar-refractivity contribution in [2.24, 2.45) is 0 Å². The molecule has 41 heavy (non-hydrogen) atoms. The van der Waals surface area contributed by atoms with Crippen LogP contribution in [0, 0.1) is 0 Å². The molecular formula is C29H28Cl6O6. The Morgan fingerprint density at radius 3 is 1.95 bits per heavy atom. The van der Waals surface area contributed by atoms with Crippen LogP contribution in [0.1, 0.15) is 34.3 Å². The van der Waals surface area contributed by atoms with Crippen LogP contribution in [-0.2, 0) is 6.42 Å². The van der Waals surface area contributed by atoms with Crippen molar-refractivity contribution < 1.29 is 28.5 Å². The number of rotatable bonds is 3. The van der Waals surface area contributed by atoms with Crippen LogP contribution < -0.4 is 23.7 Å². The number of hydrogen-bond acceptors (Lipinski definition) is 6. The number of halogens is 6. The van der Waals surface area contributed by atoms with E-state index < -0.39 is 44.3 Å². The van der Waals surface area contributed by atoms with E-state index in [4.69, 9.17) is 93.3 Å². The van der Waals surface area contributed by atoms with Crippen molar-refractivity contribution in [1.29, 1.82) is 0 Å². The Bertz CT molecular complexity index is 1300. The Balaban J connectivity index is 0.000000237. The Labute approximate surface area is 269 Å². The summed E-state index contributed by atoms with van der Waals surface area (Å²) in [6.45, 7) is 6.22. The van der Waals surface area contributed by atoms with E-state index in [0.717, 1.165) is 22.4 Å². The molecule has 0 radical (unpaired) electrons. The fraction of sp³-hybridized carbons (Fsp3) is 0.483. The van der Waals surface area contributed by atoms with Gasteiger partial charge in [-0.25, -0.2) is 0 Å². The van der Waals surface area contributed by atoms with Crippen molar-refractivity contribution in [1.82, 2.24) is 0 Å². The van der Waals surface area contributed by atoms with Crippen molar-refractivity contribution in [3.63, 3.8) is 0 Å². The summed E-state index contributed by atoms with van der Waals surface area (Å²) in [5.41, 5.74) is 3.22. The molecule has 3 aliphatic heterocycles. The number of methoxy groups -OCH3 is 2. The van der Waals surface area contributed by atoms with Gasteiger partial charge in [0.15, 0.2) is 17.3 Å². The summed E-state index contributed by atoms with van der Waals surface area (Å²) in [6, 6.07) is 7.23. The highest BCUT2D eigenvalue weighted by Crippen LogP contribution is 2.50. The highest BCUT2D eigenvalue weighted by molar-refractivity contribution is 6.45. The lowest BCUT2D eigenvalue weighted by atomic mass is 9.81. The Morgan fingerprint density at radius 1 is 0.854 bits per heavy atom. The smallest absolute Gasteiger partial charge is 0.178 e. The first kappa shape index (κ1) is 31.0. The molecule has 0 unspecified atom stereocenters. The second kappa shape index (κ2) is 12.3. The number of Topliss-reactive ketones (excluding diaryl/α,β-unsaturated/α-hetero) is 1. The zero-order valence-electron chi connectivity index (χ0n) is 22.3. The van der Waals surface area contributed by atoms with Crippen LogP contribution >= 0.6 is 69.6 Å². The van der Waals surface area contributed by atoms with Gasteiger partial charge in [-0.05, 0) is 30.7 Å². The quantitative estimate of drug-likeness (QED) is 0.249. The van der Waals surface area contributed by atoms with Crippen LogP contribution in [0.25, 0.3) is 0 Å². The molecule has 1 fully saturated rings. The minimum absolute atomic E-state index is 0.0228. The van der Waals surface area contributed by atoms with Gasteiger partial charge in [-0.2, -0.15) is 0 Å². The number of carbonyl (C=O) groups is 1. The maximum absolute atomic E-state index is 13.5. The number of ketones is 1. The van der Waals surface area contributed by atoms with Crippen molar-refractivity contribution >= 4 is 75.4 Å². The third-order valence-corrected chi connectivity index (χ3v) is 11.7. The fourth-order valence-electron chi connectivity index (χ4n) is 5.39. The van der Waals surface area contributed by atoms with E-state index in [2.05, 4.69) is 6.58 Å². The summed E-state index contributed by atoms with van der Waals surface area (Å²) >= 11 is 35.3. The lowest BCUT2D eigenvalue weighted by Gasteiger charge is -2.37. The summed E-state index contributed by atoms with van der Waals surface area (Å²) < 4.78 is 29.0. The summed E-state index contributed by atoms with van der Waals surface area (Å²) in [7, 11) is 3.14. The van der Waals surface area contributed by atoms with E-state index in [1.165, 1.54) is 0 Å². The molecule has 6 nitrogen and oxygen atoms in total. The van der Waals surface area contributed by atoms with Gasteiger partial charge in [0.25, 0.3) is 0 Å². The molecule has 1 saturated carbocycles. The highest BCUT2D eigenvalue weighted by Gasteiger charge is 2.47. The van der Waals surface area contributed by atoms with Crippen molar-refractivity contribution in [3.05, 3.63) is 53.1 Å². The number of ether oxygens (including phenoxy) is 5. The normalized spacial score (nSPS) is 32.8. The van der Waals surface area contributed by atoms with Gasteiger partial charge < -0.3 is 23.7 Å². The molecule has 3 atom stereocenters. The summed E-state index contributed by atoms with van der Waals surface area (Å²) in [5.74, 6) is 2.68. The molecule has 1 aliphatic carbocycles. The minimum atomic E-state index is -0.455. The topological polar surface area (TPSA) is 63.2 Å². The van der Waals surface area contributed by atoms with Gasteiger partial charge >= 0.3 is 0 Å². The van der Waals surface area contributed by atoms with Gasteiger partial charge in [-0.3, -0.25) is 4.79 Å². The standard InChI is InChI=1S/C23H22O6.C6H6Cl6/c1-11(2)16-8-14-15(28-16)6-5-12-22(24)21-13-7-18(25-3)19(26-4)9-17(13)27-10-20(21)29-23(12)14;7-1-2(8)4(10)6(12)5(11)3(1)9/h5-7,9,16,20-21H,1,8,10H2,2-4H3;1-6H/t16-,20-,21+;1-,2-,3-,4+,5+,6+/m1./s1. The molecule has 6 rings (SSSR count). The summed E-state index contributed by atoms with van der Waals surface area (Å²) in [4.78, 5) is 13.5. The third-order valence-electron chi connectivity index (χ3n) is 7.69. The molecule has 0 amide bonds. The molecule has 12 heteroatoms. The van der Waals surface area contributed by atoms with Gasteiger partial charge in [0, 0.05) is 23.6 Å². The number of carbonyl (C=O) groups excluding carboxylic acids is 1. The predicted molar refractivity (Wildman–Crippen MR) is 164 cm³/mol. The fourth-order valence-corrected chi connectivity index (χ4v) is 7.72. The largest absolute Gasteiger partial charge is 0.493 e. The molecule has 0 saturated heterocycles. The lowest BCUT2D eigenvalue weighted by molar-refractivity contribution is 0.0554. The maximum atomic E-state index is 13.5. The van der Waals surface area contributed by atoms with Crippen LogP contribution in [0.2, 0.25) is 0 Å². The first-order chi connectivity index (χ1) is 19.5. The molecular weight excluding hydrogens is 657 g/mol. The summed E-state index contributed by atoms with van der Waals surface area (Å²) in [5, 5.41) is -2.62. The maximum Gasteiger partial charge on any atom is 0.178 e. The van der Waals surface area contributed by atoms with E-state index in [1.54, 1.807) is 26.4 Å². The van der Waals surface area contributed by atoms with Crippen LogP contribution in [-0.4, -0.2) is 71.1 Å². The number of alkyl halides is 6. The SMILES string of the molecule is C=C(C)[C@H]1Cc2c(ccc3c2O[C@@H]2COc4cc(OC)c(OC)cc4[C@@H]2C3=O)O1.Cl[C@H]1[C@H](Cl)[C@@H](Cl)[C@@H](Cl)[C@H](Cl)[C@H]1Cl. The van der Waals surface area contributed by atoms with Crippen molar-refractivity contribution in [2.45, 2.75) is 63.7 Å². The molecule has 2 aromatic rings. The highest BCUT2D eigenvalue weighted by atomic mass is 35.5. The van der Waals surface area contributed by atoms with Crippen LogP contribution in [0.15, 0.2) is 36.4 Å². The molecule has 4 aliphatic rings. The van der Waals surface area contributed by atoms with Crippen molar-refractivity contribution in [3.8, 4) is 28.7 Å². The first-order valence-electron chi connectivity index (χ1n) is 12.9. The number of hydrogen-bond donors (Lipinski definition) is 0. The lowest BCUT2D eigenvalue weighted by Crippen LogP contribution is -2.52. The number of benzene rings is 2. The van der Waals surface area contributed by atoms with E-state index >= 15 is 0 Å². The Kier molecular flexibility index (Phi) is 9.31. The second-order valence-electron chi connectivity index (χ2n) is 10.3. The molecule has 0 spiro atoms. The number of fused-ring (bicyclic) bond motifs is 6. The predicted octanol–water partition coefficient (Wildman–Crippen LogP) is 7.35. The van der Waals surface area contributed by atoms with Gasteiger partial charge in [-0.15, -0.1) is 69.6 Å². The molecule has 0 bridgehead atoms. The van der Waals surface area contributed by atoms with E-state index in [0.29, 0.717) is 35.0 Å². The van der Waals surface area contributed by atoms with Crippen molar-refractivity contribution in [2.75, 3.05) is 20.8 Å². The molecule has 0 N–H and O–H groups in total. The Morgan fingerprint density at radius 2 is 1.41 bits per heavy atom.